The molecule has 0 N–H and O–H groups in total. The SMILES string of the molecule is COC1CCCC(CN2C(=O)c3ccccc3C2=O)C1. The Hall–Kier alpha value is -1.68. The van der Waals surface area contributed by atoms with E-state index in [4.69, 9.17) is 4.74 Å². The summed E-state index contributed by atoms with van der Waals surface area (Å²) in [7, 11) is 1.73. The number of fused-ring (bicyclic) bond motifs is 1. The molecule has 0 bridgehead atoms. The molecule has 4 heteroatoms. The van der Waals surface area contributed by atoms with E-state index in [0.717, 1.165) is 25.7 Å². The Bertz CT molecular complexity index is 505. The quantitative estimate of drug-likeness (QED) is 0.795. The second-order valence-electron chi connectivity index (χ2n) is 5.66. The highest BCUT2D eigenvalue weighted by atomic mass is 16.5. The lowest BCUT2D eigenvalue weighted by atomic mass is 9.87. The predicted molar refractivity (Wildman–Crippen MR) is 74.6 cm³/mol. The van der Waals surface area contributed by atoms with Gasteiger partial charge >= 0.3 is 0 Å². The van der Waals surface area contributed by atoms with E-state index >= 15 is 0 Å². The minimum absolute atomic E-state index is 0.148. The van der Waals surface area contributed by atoms with E-state index in [-0.39, 0.29) is 17.9 Å². The second kappa shape index (κ2) is 5.37. The number of benzene rings is 1. The largest absolute Gasteiger partial charge is 0.381 e. The van der Waals surface area contributed by atoms with E-state index in [0.29, 0.717) is 23.6 Å². The summed E-state index contributed by atoms with van der Waals surface area (Å²) >= 11 is 0. The van der Waals surface area contributed by atoms with Crippen LogP contribution in [0.25, 0.3) is 0 Å². The van der Waals surface area contributed by atoms with Gasteiger partial charge in [-0.15, -0.1) is 0 Å². The van der Waals surface area contributed by atoms with Crippen LogP contribution in [-0.2, 0) is 4.74 Å². The van der Waals surface area contributed by atoms with Gasteiger partial charge in [-0.2, -0.15) is 0 Å². The third-order valence-corrected chi connectivity index (χ3v) is 4.39. The van der Waals surface area contributed by atoms with Crippen molar-refractivity contribution in [3.05, 3.63) is 35.4 Å². The molecule has 1 saturated carbocycles. The maximum atomic E-state index is 12.3. The molecule has 0 radical (unpaired) electrons. The summed E-state index contributed by atoms with van der Waals surface area (Å²) in [5.41, 5.74) is 1.08. The average molecular weight is 273 g/mol. The highest BCUT2D eigenvalue weighted by molar-refractivity contribution is 6.21. The van der Waals surface area contributed by atoms with Crippen molar-refractivity contribution < 1.29 is 14.3 Å². The van der Waals surface area contributed by atoms with Crippen LogP contribution in [0, 0.1) is 5.92 Å². The number of hydrogen-bond donors (Lipinski definition) is 0. The maximum Gasteiger partial charge on any atom is 0.261 e. The van der Waals surface area contributed by atoms with Crippen molar-refractivity contribution in [1.29, 1.82) is 0 Å². The molecule has 1 heterocycles. The van der Waals surface area contributed by atoms with Crippen LogP contribution < -0.4 is 0 Å². The molecule has 1 aliphatic carbocycles. The number of carbonyl (C=O) groups excluding carboxylic acids is 2. The Morgan fingerprint density at radius 2 is 1.80 bits per heavy atom. The van der Waals surface area contributed by atoms with Crippen LogP contribution in [0.3, 0.4) is 0 Å². The van der Waals surface area contributed by atoms with Crippen LogP contribution in [0.1, 0.15) is 46.4 Å². The van der Waals surface area contributed by atoms with E-state index in [9.17, 15) is 9.59 Å². The highest BCUT2D eigenvalue weighted by Crippen LogP contribution is 2.30. The van der Waals surface area contributed by atoms with Gasteiger partial charge in [-0.1, -0.05) is 18.6 Å². The van der Waals surface area contributed by atoms with E-state index in [1.54, 1.807) is 31.4 Å². The molecule has 2 amide bonds. The summed E-state index contributed by atoms with van der Waals surface area (Å²) in [4.78, 5) is 26.0. The van der Waals surface area contributed by atoms with Crippen LogP contribution in [0.2, 0.25) is 0 Å². The minimum atomic E-state index is -0.148. The third kappa shape index (κ3) is 2.24. The molecule has 1 fully saturated rings. The Morgan fingerprint density at radius 1 is 1.15 bits per heavy atom. The molecule has 20 heavy (non-hydrogen) atoms. The molecule has 2 unspecified atom stereocenters. The Labute approximate surface area is 118 Å². The van der Waals surface area contributed by atoms with Gasteiger partial charge in [0.05, 0.1) is 17.2 Å². The van der Waals surface area contributed by atoms with Crippen molar-refractivity contribution in [3.63, 3.8) is 0 Å². The number of imide groups is 1. The van der Waals surface area contributed by atoms with Crippen molar-refractivity contribution in [2.75, 3.05) is 13.7 Å². The molecular formula is C16H19NO3. The first-order valence-electron chi connectivity index (χ1n) is 7.18. The van der Waals surface area contributed by atoms with Gasteiger partial charge in [0.2, 0.25) is 0 Å². The third-order valence-electron chi connectivity index (χ3n) is 4.39. The zero-order chi connectivity index (χ0) is 14.1. The number of ether oxygens (including phenoxy) is 1. The molecule has 2 atom stereocenters. The molecule has 1 aromatic rings. The van der Waals surface area contributed by atoms with Gasteiger partial charge in [-0.25, -0.2) is 0 Å². The Kier molecular flexibility index (Phi) is 3.57. The highest BCUT2D eigenvalue weighted by Gasteiger charge is 2.37. The standard InChI is InChI=1S/C16H19NO3/c1-20-12-6-4-5-11(9-12)10-17-15(18)13-7-2-3-8-14(13)16(17)19/h2-3,7-8,11-12H,4-6,9-10H2,1H3. The van der Waals surface area contributed by atoms with Crippen molar-refractivity contribution in [1.82, 2.24) is 4.90 Å². The zero-order valence-corrected chi connectivity index (χ0v) is 11.7. The first-order chi connectivity index (χ1) is 9.70. The molecule has 1 aromatic carbocycles. The van der Waals surface area contributed by atoms with Gasteiger partial charge in [0.1, 0.15) is 0 Å². The van der Waals surface area contributed by atoms with E-state index in [1.165, 1.54) is 4.90 Å². The van der Waals surface area contributed by atoms with Crippen LogP contribution in [0.5, 0.6) is 0 Å². The van der Waals surface area contributed by atoms with Gasteiger partial charge in [0.15, 0.2) is 0 Å². The lowest BCUT2D eigenvalue weighted by Crippen LogP contribution is -2.37. The fraction of sp³-hybridized carbons (Fsp3) is 0.500. The summed E-state index contributed by atoms with van der Waals surface area (Å²) in [6, 6.07) is 7.06. The van der Waals surface area contributed by atoms with Gasteiger partial charge in [-0.3, -0.25) is 14.5 Å². The second-order valence-corrected chi connectivity index (χ2v) is 5.66. The monoisotopic (exact) mass is 273 g/mol. The van der Waals surface area contributed by atoms with Gasteiger partial charge in [0.25, 0.3) is 11.8 Å². The number of amides is 2. The molecule has 3 rings (SSSR count). The van der Waals surface area contributed by atoms with Gasteiger partial charge in [-0.05, 0) is 37.3 Å². The molecule has 0 aromatic heterocycles. The van der Waals surface area contributed by atoms with Crippen molar-refractivity contribution in [2.45, 2.75) is 31.8 Å². The predicted octanol–water partition coefficient (Wildman–Crippen LogP) is 2.49. The number of carbonyl (C=O) groups is 2. The Morgan fingerprint density at radius 3 is 2.40 bits per heavy atom. The molecule has 0 spiro atoms. The minimum Gasteiger partial charge on any atom is -0.381 e. The van der Waals surface area contributed by atoms with Crippen molar-refractivity contribution in [3.8, 4) is 0 Å². The fourth-order valence-corrected chi connectivity index (χ4v) is 3.28. The zero-order valence-electron chi connectivity index (χ0n) is 11.7. The summed E-state index contributed by atoms with van der Waals surface area (Å²) < 4.78 is 5.41. The lowest BCUT2D eigenvalue weighted by Gasteiger charge is -2.30. The summed E-state index contributed by atoms with van der Waals surface area (Å²) in [5.74, 6) is 0.0613. The first kappa shape index (κ1) is 13.3. The van der Waals surface area contributed by atoms with E-state index in [1.807, 2.05) is 0 Å². The number of methoxy groups -OCH3 is 1. The van der Waals surface area contributed by atoms with Crippen LogP contribution >= 0.6 is 0 Å². The number of rotatable bonds is 3. The first-order valence-corrected chi connectivity index (χ1v) is 7.18. The van der Waals surface area contributed by atoms with Crippen LogP contribution in [0.4, 0.5) is 0 Å². The fourth-order valence-electron chi connectivity index (χ4n) is 3.28. The van der Waals surface area contributed by atoms with Crippen molar-refractivity contribution >= 4 is 11.8 Å². The maximum absolute atomic E-state index is 12.3. The molecule has 0 saturated heterocycles. The van der Waals surface area contributed by atoms with Crippen LogP contribution in [0.15, 0.2) is 24.3 Å². The van der Waals surface area contributed by atoms with Gasteiger partial charge < -0.3 is 4.74 Å². The number of nitrogens with zero attached hydrogens (tertiary/aromatic N) is 1. The molecule has 106 valence electrons. The van der Waals surface area contributed by atoms with Crippen LogP contribution in [-0.4, -0.2) is 36.5 Å². The normalized spacial score (nSPS) is 25.9. The smallest absolute Gasteiger partial charge is 0.261 e. The topological polar surface area (TPSA) is 46.6 Å². The molecule has 2 aliphatic rings. The van der Waals surface area contributed by atoms with Crippen molar-refractivity contribution in [2.24, 2.45) is 5.92 Å². The van der Waals surface area contributed by atoms with E-state index < -0.39 is 0 Å². The van der Waals surface area contributed by atoms with Gasteiger partial charge in [0, 0.05) is 13.7 Å². The summed E-state index contributed by atoms with van der Waals surface area (Å²) in [6.45, 7) is 0.520. The lowest BCUT2D eigenvalue weighted by molar-refractivity contribution is 0.0375. The van der Waals surface area contributed by atoms with E-state index in [2.05, 4.69) is 0 Å². The average Bonchev–Trinajstić information content (AvgIpc) is 2.73. The number of hydrogen-bond acceptors (Lipinski definition) is 3. The molecule has 4 nitrogen and oxygen atoms in total. The molecular weight excluding hydrogens is 254 g/mol. The Balaban J connectivity index is 1.73. The summed E-state index contributed by atoms with van der Waals surface area (Å²) in [6.07, 6.45) is 4.45. The molecule has 1 aliphatic heterocycles. The summed E-state index contributed by atoms with van der Waals surface area (Å²) in [5, 5.41) is 0.